The molecule has 0 aliphatic heterocycles. The molecule has 0 N–H and O–H groups in total. The van der Waals surface area contributed by atoms with Crippen molar-refractivity contribution in [3.8, 4) is 0 Å². The van der Waals surface area contributed by atoms with Gasteiger partial charge in [-0.3, -0.25) is 4.18 Å². The third kappa shape index (κ3) is 8.42. The first-order valence-electron chi connectivity index (χ1n) is 8.84. The van der Waals surface area contributed by atoms with Gasteiger partial charge in [-0.2, -0.15) is 10.2 Å². The van der Waals surface area contributed by atoms with Gasteiger partial charge < -0.3 is 9.45 Å². The van der Waals surface area contributed by atoms with E-state index in [9.17, 15) is 21.4 Å². The topological polar surface area (TPSA) is 129 Å². The van der Waals surface area contributed by atoms with E-state index in [4.69, 9.17) is 0 Å². The normalized spacial score (nSPS) is 12.0. The molecule has 0 fully saturated rings. The van der Waals surface area contributed by atoms with E-state index in [1.807, 2.05) is 24.3 Å². The first-order chi connectivity index (χ1) is 13.6. The zero-order valence-electron chi connectivity index (χ0n) is 17.1. The molecular formula is C18H22N3NaO6S2. The van der Waals surface area contributed by atoms with Gasteiger partial charge in [0.1, 0.15) is 0 Å². The minimum atomic E-state index is -4.92. The van der Waals surface area contributed by atoms with Gasteiger partial charge in [-0.25, -0.2) is 16.8 Å². The molecule has 0 aromatic heterocycles. The molecular weight excluding hydrogens is 441 g/mol. The van der Waals surface area contributed by atoms with Gasteiger partial charge in [0.25, 0.3) is 0 Å². The minimum Gasteiger partial charge on any atom is -0.726 e. The van der Waals surface area contributed by atoms with Crippen LogP contribution in [0.5, 0.6) is 0 Å². The van der Waals surface area contributed by atoms with Gasteiger partial charge in [0.2, 0.25) is 10.4 Å². The van der Waals surface area contributed by atoms with Gasteiger partial charge in [0.15, 0.2) is 9.84 Å². The second kappa shape index (κ2) is 11.9. The molecule has 0 saturated heterocycles. The predicted octanol–water partition coefficient (Wildman–Crippen LogP) is 0.203. The molecule has 30 heavy (non-hydrogen) atoms. The Hall–Kier alpha value is -1.34. The fraction of sp³-hybridized carbons (Fsp3) is 0.333. The molecule has 2 aromatic carbocycles. The molecule has 0 aliphatic carbocycles. The largest absolute Gasteiger partial charge is 1.00 e. The summed E-state index contributed by atoms with van der Waals surface area (Å²) in [5.74, 6) is -0.631. The summed E-state index contributed by atoms with van der Waals surface area (Å²) >= 11 is 0. The van der Waals surface area contributed by atoms with Crippen LogP contribution in [0.3, 0.4) is 0 Å². The van der Waals surface area contributed by atoms with Gasteiger partial charge in [-0.05, 0) is 62.4 Å². The molecule has 0 unspecified atom stereocenters. The summed E-state index contributed by atoms with van der Waals surface area (Å²) in [5.41, 5.74) is 2.21. The number of rotatable bonds is 10. The Morgan fingerprint density at radius 2 is 1.33 bits per heavy atom. The van der Waals surface area contributed by atoms with E-state index < -0.39 is 32.6 Å². The maximum absolute atomic E-state index is 12.1. The molecule has 0 amide bonds. The summed E-state index contributed by atoms with van der Waals surface area (Å²) in [6, 6.07) is 13.2. The summed E-state index contributed by atoms with van der Waals surface area (Å²) in [5, 5.41) is 8.21. The Bertz CT molecular complexity index is 1040. The number of benzene rings is 2. The second-order valence-corrected chi connectivity index (χ2v) is 9.09. The van der Waals surface area contributed by atoms with Crippen molar-refractivity contribution in [1.29, 1.82) is 0 Å². The molecule has 0 saturated carbocycles. The average Bonchev–Trinajstić information content (AvgIpc) is 2.67. The van der Waals surface area contributed by atoms with E-state index in [2.05, 4.69) is 33.2 Å². The fourth-order valence-electron chi connectivity index (χ4n) is 2.52. The number of nitrogens with zero attached hydrogens (tertiary/aromatic N) is 3. The van der Waals surface area contributed by atoms with Crippen LogP contribution in [0.2, 0.25) is 0 Å². The fourth-order valence-corrected chi connectivity index (χ4v) is 4.00. The molecule has 0 atom stereocenters. The van der Waals surface area contributed by atoms with Crippen molar-refractivity contribution in [2.45, 2.75) is 18.7 Å². The van der Waals surface area contributed by atoms with E-state index >= 15 is 0 Å². The summed E-state index contributed by atoms with van der Waals surface area (Å²) in [6.07, 6.45) is 0. The number of hydrogen-bond donors (Lipinski definition) is 0. The molecule has 2 aromatic rings. The van der Waals surface area contributed by atoms with Crippen LogP contribution in [0.1, 0.15) is 13.8 Å². The third-order valence-corrected chi connectivity index (χ3v) is 6.18. The van der Waals surface area contributed by atoms with Crippen LogP contribution >= 0.6 is 0 Å². The molecule has 0 heterocycles. The van der Waals surface area contributed by atoms with Crippen LogP contribution in [-0.2, 0) is 24.4 Å². The molecule has 12 heteroatoms. The Morgan fingerprint density at radius 3 is 1.77 bits per heavy atom. The van der Waals surface area contributed by atoms with Crippen molar-refractivity contribution in [2.24, 2.45) is 10.2 Å². The van der Waals surface area contributed by atoms with E-state index in [0.717, 1.165) is 18.8 Å². The maximum Gasteiger partial charge on any atom is 1.00 e. The summed E-state index contributed by atoms with van der Waals surface area (Å²) in [4.78, 5) is 2.17. The van der Waals surface area contributed by atoms with Crippen LogP contribution in [0.15, 0.2) is 63.7 Å². The maximum atomic E-state index is 12.1. The second-order valence-electron chi connectivity index (χ2n) is 5.93. The third-order valence-electron chi connectivity index (χ3n) is 4.03. The van der Waals surface area contributed by atoms with Crippen molar-refractivity contribution < 1.29 is 55.1 Å². The quantitative estimate of drug-likeness (QED) is 0.213. The van der Waals surface area contributed by atoms with E-state index in [0.29, 0.717) is 11.4 Å². The molecule has 158 valence electrons. The standard InChI is InChI=1S/C18H23N3O6S2.Na/c1-3-21(4-2)17-9-5-15(6-10-17)19-20-16-7-11-18(12-8-16)28(22,23)14-13-27-29(24,25)26;/h5-12H,3-4,13-14H2,1-2H3,(H,24,25,26);/q;+1/p-1. The Morgan fingerprint density at radius 1 is 0.867 bits per heavy atom. The molecule has 9 nitrogen and oxygen atoms in total. The molecule has 0 spiro atoms. The van der Waals surface area contributed by atoms with Crippen LogP contribution in [0.25, 0.3) is 0 Å². The van der Waals surface area contributed by atoms with Crippen molar-refractivity contribution in [3.63, 3.8) is 0 Å². The minimum absolute atomic E-state index is 0. The Labute approximate surface area is 199 Å². The van der Waals surface area contributed by atoms with Gasteiger partial charge in [-0.15, -0.1) is 0 Å². The van der Waals surface area contributed by atoms with Gasteiger partial charge >= 0.3 is 29.6 Å². The summed E-state index contributed by atoms with van der Waals surface area (Å²) < 4.78 is 59.3. The SMILES string of the molecule is CCN(CC)c1ccc(N=Nc2ccc(S(=O)(=O)CCOS(=O)(=O)[O-])cc2)cc1.[Na+]. The first kappa shape index (κ1) is 26.7. The molecule has 2 rings (SSSR count). The zero-order valence-corrected chi connectivity index (χ0v) is 20.7. The van der Waals surface area contributed by atoms with Crippen molar-refractivity contribution in [1.82, 2.24) is 0 Å². The van der Waals surface area contributed by atoms with Crippen molar-refractivity contribution in [3.05, 3.63) is 48.5 Å². The number of azo groups is 1. The smallest absolute Gasteiger partial charge is 0.726 e. The number of hydrogen-bond acceptors (Lipinski definition) is 9. The van der Waals surface area contributed by atoms with Crippen molar-refractivity contribution >= 4 is 37.3 Å². The van der Waals surface area contributed by atoms with E-state index in [1.54, 1.807) is 0 Å². The van der Waals surface area contributed by atoms with Gasteiger partial charge in [0.05, 0.1) is 28.6 Å². The number of sulfone groups is 1. The predicted molar refractivity (Wildman–Crippen MR) is 108 cm³/mol. The average molecular weight is 464 g/mol. The van der Waals surface area contributed by atoms with Gasteiger partial charge in [-0.1, -0.05) is 0 Å². The Kier molecular flexibility index (Phi) is 10.6. The van der Waals surface area contributed by atoms with Crippen molar-refractivity contribution in [2.75, 3.05) is 30.3 Å². The zero-order chi connectivity index (χ0) is 21.5. The van der Waals surface area contributed by atoms with E-state index in [1.165, 1.54) is 24.3 Å². The Balaban J connectivity index is 0.00000450. The monoisotopic (exact) mass is 463 g/mol. The summed E-state index contributed by atoms with van der Waals surface area (Å²) in [7, 11) is -8.71. The first-order valence-corrected chi connectivity index (χ1v) is 11.8. The van der Waals surface area contributed by atoms with E-state index in [-0.39, 0.29) is 34.5 Å². The molecule has 0 bridgehead atoms. The van der Waals surface area contributed by atoms with Crippen LogP contribution in [0, 0.1) is 0 Å². The van der Waals surface area contributed by atoms with Crippen LogP contribution < -0.4 is 34.5 Å². The van der Waals surface area contributed by atoms with Crippen LogP contribution in [-0.4, -0.2) is 46.8 Å². The molecule has 0 aliphatic rings. The van der Waals surface area contributed by atoms with Gasteiger partial charge in [0, 0.05) is 18.8 Å². The number of anilines is 1. The van der Waals surface area contributed by atoms with Crippen LogP contribution in [0.4, 0.5) is 17.1 Å². The summed E-state index contributed by atoms with van der Waals surface area (Å²) in [6.45, 7) is 5.25. The molecule has 0 radical (unpaired) electrons.